The highest BCUT2D eigenvalue weighted by Gasteiger charge is 2.15. The quantitative estimate of drug-likeness (QED) is 0.259. The van der Waals surface area contributed by atoms with Gasteiger partial charge in [-0.3, -0.25) is 4.99 Å². The van der Waals surface area contributed by atoms with Crippen LogP contribution in [0.5, 0.6) is 11.5 Å². The number of anilines is 1. The molecule has 0 aliphatic carbocycles. The molecule has 3 aromatic rings. The second-order valence-electron chi connectivity index (χ2n) is 7.45. The van der Waals surface area contributed by atoms with Crippen molar-refractivity contribution >= 4 is 46.7 Å². The zero-order chi connectivity index (χ0) is 22.4. The van der Waals surface area contributed by atoms with Gasteiger partial charge in [0.2, 0.25) is 0 Å². The van der Waals surface area contributed by atoms with Crippen molar-refractivity contribution in [3.8, 4) is 11.5 Å². The molecule has 0 aliphatic heterocycles. The third kappa shape index (κ3) is 5.93. The lowest BCUT2D eigenvalue weighted by Gasteiger charge is -2.21. The van der Waals surface area contributed by atoms with E-state index in [2.05, 4.69) is 34.7 Å². The predicted molar refractivity (Wildman–Crippen MR) is 143 cm³/mol. The smallest absolute Gasteiger partial charge is 0.191 e. The zero-order valence-electron chi connectivity index (χ0n) is 19.5. The van der Waals surface area contributed by atoms with Gasteiger partial charge in [0.15, 0.2) is 5.96 Å². The predicted octanol–water partition coefficient (Wildman–Crippen LogP) is 4.36. The molecule has 3 rings (SSSR count). The third-order valence-corrected chi connectivity index (χ3v) is 5.17. The molecule has 0 fully saturated rings. The van der Waals surface area contributed by atoms with Crippen LogP contribution in [0.15, 0.2) is 53.5 Å². The highest BCUT2D eigenvalue weighted by molar-refractivity contribution is 14.0. The summed E-state index contributed by atoms with van der Waals surface area (Å²) >= 11 is 0. The molecule has 0 spiro atoms. The minimum absolute atomic E-state index is 0. The zero-order valence-corrected chi connectivity index (χ0v) is 21.8. The van der Waals surface area contributed by atoms with Crippen LogP contribution < -0.4 is 25.0 Å². The monoisotopic (exact) mass is 549 g/mol. The number of guanidine groups is 1. The number of pyridine rings is 1. The van der Waals surface area contributed by atoms with Gasteiger partial charge in [-0.15, -0.1) is 24.0 Å². The van der Waals surface area contributed by atoms with E-state index in [0.29, 0.717) is 12.5 Å². The molecule has 0 amide bonds. The van der Waals surface area contributed by atoms with Gasteiger partial charge in [-0.2, -0.15) is 0 Å². The number of nitrogens with one attached hydrogen (secondary N) is 2. The van der Waals surface area contributed by atoms with Crippen LogP contribution in [0.2, 0.25) is 0 Å². The summed E-state index contributed by atoms with van der Waals surface area (Å²) in [4.78, 5) is 11.1. The first-order valence-corrected chi connectivity index (χ1v) is 10.2. The normalized spacial score (nSPS) is 12.0. The number of aromatic nitrogens is 1. The Morgan fingerprint density at radius 1 is 1.09 bits per heavy atom. The first-order chi connectivity index (χ1) is 15.0. The van der Waals surface area contributed by atoms with Crippen LogP contribution in [0.25, 0.3) is 10.9 Å². The van der Waals surface area contributed by atoms with Crippen LogP contribution in [0, 0.1) is 0 Å². The molecular weight excluding hydrogens is 517 g/mol. The SMILES string of the molecule is CN=C(NCc1cc(N(C)C)nc2ccccc12)NC(C)c1cc(OC)ccc1OC.I. The number of ether oxygens (including phenoxy) is 2. The Labute approximate surface area is 207 Å². The van der Waals surface area contributed by atoms with Crippen LogP contribution >= 0.6 is 24.0 Å². The molecule has 0 saturated carbocycles. The van der Waals surface area contributed by atoms with Crippen molar-refractivity contribution in [2.24, 2.45) is 4.99 Å². The molecule has 2 aromatic carbocycles. The van der Waals surface area contributed by atoms with E-state index in [1.807, 2.05) is 55.4 Å². The minimum Gasteiger partial charge on any atom is -0.497 e. The maximum Gasteiger partial charge on any atom is 0.191 e. The molecule has 0 bridgehead atoms. The van der Waals surface area contributed by atoms with E-state index in [1.54, 1.807) is 21.3 Å². The van der Waals surface area contributed by atoms with Crippen molar-refractivity contribution in [2.75, 3.05) is 40.3 Å². The maximum atomic E-state index is 5.53. The number of aliphatic imine (C=N–C) groups is 1. The highest BCUT2D eigenvalue weighted by Crippen LogP contribution is 2.29. The second kappa shape index (κ2) is 11.8. The lowest BCUT2D eigenvalue weighted by molar-refractivity contribution is 0.394. The van der Waals surface area contributed by atoms with Crippen LogP contribution in [0.3, 0.4) is 0 Å². The Bertz CT molecular complexity index is 1070. The highest BCUT2D eigenvalue weighted by atomic mass is 127. The fourth-order valence-electron chi connectivity index (χ4n) is 3.44. The Morgan fingerprint density at radius 3 is 2.50 bits per heavy atom. The number of hydrogen-bond donors (Lipinski definition) is 2. The molecule has 1 atom stereocenters. The number of para-hydroxylation sites is 1. The van der Waals surface area contributed by atoms with Crippen molar-refractivity contribution in [2.45, 2.75) is 19.5 Å². The molecule has 0 saturated heterocycles. The molecule has 1 unspecified atom stereocenters. The van der Waals surface area contributed by atoms with Gasteiger partial charge in [0, 0.05) is 38.6 Å². The van der Waals surface area contributed by atoms with Crippen molar-refractivity contribution in [1.82, 2.24) is 15.6 Å². The summed E-state index contributed by atoms with van der Waals surface area (Å²) in [5.41, 5.74) is 3.13. The Hall–Kier alpha value is -2.75. The van der Waals surface area contributed by atoms with E-state index in [9.17, 15) is 0 Å². The van der Waals surface area contributed by atoms with Gasteiger partial charge in [0.25, 0.3) is 0 Å². The number of hydrogen-bond acceptors (Lipinski definition) is 5. The molecule has 7 nitrogen and oxygen atoms in total. The summed E-state index contributed by atoms with van der Waals surface area (Å²) in [6.07, 6.45) is 0. The number of methoxy groups -OCH3 is 2. The average molecular weight is 549 g/mol. The number of rotatable bonds is 7. The standard InChI is InChI=1S/C24H31N5O2.HI/c1-16(20-14-18(30-5)11-12-22(20)31-6)27-24(25-2)26-15-17-13-23(29(3)4)28-21-10-8-7-9-19(17)21;/h7-14,16H,15H2,1-6H3,(H2,25,26,27);1H. The Morgan fingerprint density at radius 2 is 1.84 bits per heavy atom. The maximum absolute atomic E-state index is 5.53. The molecule has 172 valence electrons. The van der Waals surface area contributed by atoms with Gasteiger partial charge in [-0.1, -0.05) is 18.2 Å². The van der Waals surface area contributed by atoms with Crippen molar-refractivity contribution in [3.63, 3.8) is 0 Å². The number of fused-ring (bicyclic) bond motifs is 1. The molecule has 0 aliphatic rings. The summed E-state index contributed by atoms with van der Waals surface area (Å²) < 4.78 is 10.9. The largest absolute Gasteiger partial charge is 0.497 e. The van der Waals surface area contributed by atoms with E-state index in [-0.39, 0.29) is 30.0 Å². The lowest BCUT2D eigenvalue weighted by Crippen LogP contribution is -2.38. The van der Waals surface area contributed by atoms with E-state index < -0.39 is 0 Å². The third-order valence-electron chi connectivity index (χ3n) is 5.17. The Balaban J connectivity index is 0.00000363. The molecule has 0 radical (unpaired) electrons. The van der Waals surface area contributed by atoms with Crippen LogP contribution in [-0.2, 0) is 6.54 Å². The van der Waals surface area contributed by atoms with Crippen molar-refractivity contribution < 1.29 is 9.47 Å². The van der Waals surface area contributed by atoms with Gasteiger partial charge >= 0.3 is 0 Å². The molecule has 32 heavy (non-hydrogen) atoms. The molecule has 8 heteroatoms. The summed E-state index contributed by atoms with van der Waals surface area (Å²) in [5, 5.41) is 8.00. The first-order valence-electron chi connectivity index (χ1n) is 10.2. The molecule has 1 heterocycles. The minimum atomic E-state index is -0.0391. The van der Waals surface area contributed by atoms with Crippen LogP contribution in [-0.4, -0.2) is 46.3 Å². The van der Waals surface area contributed by atoms with Gasteiger partial charge in [0.1, 0.15) is 17.3 Å². The van der Waals surface area contributed by atoms with E-state index in [0.717, 1.165) is 39.3 Å². The fourth-order valence-corrected chi connectivity index (χ4v) is 3.44. The van der Waals surface area contributed by atoms with Crippen molar-refractivity contribution in [3.05, 3.63) is 59.7 Å². The number of halogens is 1. The number of nitrogens with zero attached hydrogens (tertiary/aromatic N) is 3. The van der Waals surface area contributed by atoms with E-state index in [4.69, 9.17) is 14.5 Å². The molecular formula is C24H32IN5O2. The van der Waals surface area contributed by atoms with Crippen LogP contribution in [0.4, 0.5) is 5.82 Å². The number of benzene rings is 2. The van der Waals surface area contributed by atoms with E-state index >= 15 is 0 Å². The van der Waals surface area contributed by atoms with Gasteiger partial charge in [-0.25, -0.2) is 4.98 Å². The lowest BCUT2D eigenvalue weighted by atomic mass is 10.1. The Kier molecular flexibility index (Phi) is 9.37. The summed E-state index contributed by atoms with van der Waals surface area (Å²) in [5.74, 6) is 3.21. The fraction of sp³-hybridized carbons (Fsp3) is 0.333. The average Bonchev–Trinajstić information content (AvgIpc) is 2.80. The molecule has 2 N–H and O–H groups in total. The van der Waals surface area contributed by atoms with Gasteiger partial charge in [0.05, 0.1) is 25.8 Å². The second-order valence-corrected chi connectivity index (χ2v) is 7.45. The van der Waals surface area contributed by atoms with Crippen LogP contribution in [0.1, 0.15) is 24.1 Å². The van der Waals surface area contributed by atoms with Gasteiger partial charge < -0.3 is 25.0 Å². The van der Waals surface area contributed by atoms with E-state index in [1.165, 1.54) is 0 Å². The van der Waals surface area contributed by atoms with Crippen molar-refractivity contribution in [1.29, 1.82) is 0 Å². The summed E-state index contributed by atoms with van der Waals surface area (Å²) in [6.45, 7) is 2.68. The summed E-state index contributed by atoms with van der Waals surface area (Å²) in [7, 11) is 9.09. The summed E-state index contributed by atoms with van der Waals surface area (Å²) in [6, 6.07) is 16.0. The molecule has 1 aromatic heterocycles. The first kappa shape index (κ1) is 25.5. The topological polar surface area (TPSA) is 71.0 Å². The van der Waals surface area contributed by atoms with Gasteiger partial charge in [-0.05, 0) is 42.8 Å².